The standard InChI is InChI=1S/C11H23N3O/c1-3-14(2)9-8-13-10(15)11(12)6-4-5-7-11/h3-9,12H2,1-2H3,(H,13,15). The highest BCUT2D eigenvalue weighted by atomic mass is 16.2. The Labute approximate surface area is 92.2 Å². The van der Waals surface area contributed by atoms with Crippen LogP contribution in [0.15, 0.2) is 0 Å². The van der Waals surface area contributed by atoms with Gasteiger partial charge in [0.2, 0.25) is 5.91 Å². The van der Waals surface area contributed by atoms with Gasteiger partial charge >= 0.3 is 0 Å². The van der Waals surface area contributed by atoms with E-state index in [2.05, 4.69) is 17.1 Å². The summed E-state index contributed by atoms with van der Waals surface area (Å²) in [5.41, 5.74) is 5.45. The quantitative estimate of drug-likeness (QED) is 0.692. The molecule has 0 atom stereocenters. The summed E-state index contributed by atoms with van der Waals surface area (Å²) in [4.78, 5) is 13.9. The van der Waals surface area contributed by atoms with Crippen molar-refractivity contribution in [3.63, 3.8) is 0 Å². The van der Waals surface area contributed by atoms with Crippen LogP contribution >= 0.6 is 0 Å². The Balaban J connectivity index is 2.24. The fraction of sp³-hybridized carbons (Fsp3) is 0.909. The zero-order valence-electron chi connectivity index (χ0n) is 9.88. The fourth-order valence-electron chi connectivity index (χ4n) is 1.93. The zero-order valence-corrected chi connectivity index (χ0v) is 9.88. The lowest BCUT2D eigenvalue weighted by molar-refractivity contribution is -0.126. The SMILES string of the molecule is CCN(C)CCNC(=O)C1(N)CCCC1. The summed E-state index contributed by atoms with van der Waals surface area (Å²) in [5, 5.41) is 2.92. The molecule has 1 amide bonds. The third-order valence-electron chi connectivity index (χ3n) is 3.27. The lowest BCUT2D eigenvalue weighted by atomic mass is 9.98. The molecule has 15 heavy (non-hydrogen) atoms. The Morgan fingerprint density at radius 3 is 2.60 bits per heavy atom. The molecule has 1 aliphatic rings. The lowest BCUT2D eigenvalue weighted by Crippen LogP contribution is -2.52. The Bertz CT molecular complexity index is 212. The molecule has 0 aromatic heterocycles. The van der Waals surface area contributed by atoms with Crippen LogP contribution in [0.3, 0.4) is 0 Å². The highest BCUT2D eigenvalue weighted by Gasteiger charge is 2.36. The Morgan fingerprint density at radius 1 is 1.47 bits per heavy atom. The molecular formula is C11H23N3O. The van der Waals surface area contributed by atoms with Crippen LogP contribution in [-0.4, -0.2) is 43.0 Å². The summed E-state index contributed by atoms with van der Waals surface area (Å²) in [6.07, 6.45) is 3.84. The smallest absolute Gasteiger partial charge is 0.240 e. The van der Waals surface area contributed by atoms with Gasteiger partial charge in [-0.05, 0) is 26.4 Å². The van der Waals surface area contributed by atoms with Crippen molar-refractivity contribution in [3.8, 4) is 0 Å². The van der Waals surface area contributed by atoms with Crippen molar-refractivity contribution in [2.24, 2.45) is 5.73 Å². The molecule has 4 nitrogen and oxygen atoms in total. The Morgan fingerprint density at radius 2 is 2.07 bits per heavy atom. The average Bonchev–Trinajstić information content (AvgIpc) is 2.66. The molecule has 0 aromatic carbocycles. The van der Waals surface area contributed by atoms with Gasteiger partial charge in [0.05, 0.1) is 5.54 Å². The maximum absolute atomic E-state index is 11.8. The molecular weight excluding hydrogens is 190 g/mol. The molecule has 0 saturated heterocycles. The number of nitrogens with two attached hydrogens (primary N) is 1. The van der Waals surface area contributed by atoms with Crippen LogP contribution in [0.2, 0.25) is 0 Å². The van der Waals surface area contributed by atoms with Crippen LogP contribution in [0.1, 0.15) is 32.6 Å². The molecule has 0 heterocycles. The Kier molecular flexibility index (Phi) is 4.54. The number of carbonyl (C=O) groups is 1. The maximum Gasteiger partial charge on any atom is 0.240 e. The molecule has 3 N–H and O–H groups in total. The van der Waals surface area contributed by atoms with Gasteiger partial charge < -0.3 is 16.0 Å². The number of likely N-dealkylation sites (N-methyl/N-ethyl adjacent to an activating group) is 1. The zero-order chi connectivity index (χ0) is 11.3. The maximum atomic E-state index is 11.8. The van der Waals surface area contributed by atoms with E-state index in [4.69, 9.17) is 5.73 Å². The fourth-order valence-corrected chi connectivity index (χ4v) is 1.93. The van der Waals surface area contributed by atoms with E-state index in [-0.39, 0.29) is 5.91 Å². The van der Waals surface area contributed by atoms with Gasteiger partial charge in [-0.2, -0.15) is 0 Å². The molecule has 4 heteroatoms. The highest BCUT2D eigenvalue weighted by Crippen LogP contribution is 2.26. The second-order valence-electron chi connectivity index (χ2n) is 4.52. The van der Waals surface area contributed by atoms with Gasteiger partial charge in [0.15, 0.2) is 0 Å². The van der Waals surface area contributed by atoms with Crippen LogP contribution in [0.5, 0.6) is 0 Å². The number of hydrogen-bond acceptors (Lipinski definition) is 3. The number of carbonyl (C=O) groups excluding carboxylic acids is 1. The Hall–Kier alpha value is -0.610. The molecule has 0 unspecified atom stereocenters. The number of amides is 1. The normalized spacial score (nSPS) is 19.5. The number of hydrogen-bond donors (Lipinski definition) is 2. The topological polar surface area (TPSA) is 58.4 Å². The number of nitrogens with one attached hydrogen (secondary N) is 1. The van der Waals surface area contributed by atoms with Crippen molar-refractivity contribution in [1.29, 1.82) is 0 Å². The van der Waals surface area contributed by atoms with Crippen LogP contribution in [0.4, 0.5) is 0 Å². The van der Waals surface area contributed by atoms with Crippen molar-refractivity contribution in [3.05, 3.63) is 0 Å². The van der Waals surface area contributed by atoms with Crippen molar-refractivity contribution in [1.82, 2.24) is 10.2 Å². The molecule has 0 bridgehead atoms. The molecule has 88 valence electrons. The van der Waals surface area contributed by atoms with E-state index >= 15 is 0 Å². The molecule has 1 fully saturated rings. The first kappa shape index (κ1) is 12.5. The van der Waals surface area contributed by atoms with Gasteiger partial charge in [0.25, 0.3) is 0 Å². The van der Waals surface area contributed by atoms with Crippen molar-refractivity contribution >= 4 is 5.91 Å². The van der Waals surface area contributed by atoms with Crippen LogP contribution in [0.25, 0.3) is 0 Å². The van der Waals surface area contributed by atoms with Gasteiger partial charge in [0, 0.05) is 13.1 Å². The minimum Gasteiger partial charge on any atom is -0.353 e. The average molecular weight is 213 g/mol. The van der Waals surface area contributed by atoms with E-state index in [1.165, 1.54) is 0 Å². The van der Waals surface area contributed by atoms with Crippen molar-refractivity contribution in [2.75, 3.05) is 26.7 Å². The van der Waals surface area contributed by atoms with Crippen molar-refractivity contribution in [2.45, 2.75) is 38.1 Å². The molecule has 0 spiro atoms. The summed E-state index contributed by atoms with van der Waals surface area (Å²) in [6.45, 7) is 4.69. The van der Waals surface area contributed by atoms with E-state index in [0.717, 1.165) is 38.8 Å². The third kappa shape index (κ3) is 3.47. The highest BCUT2D eigenvalue weighted by molar-refractivity contribution is 5.86. The first-order valence-corrected chi connectivity index (χ1v) is 5.84. The first-order valence-electron chi connectivity index (χ1n) is 5.84. The van der Waals surface area contributed by atoms with Gasteiger partial charge in [-0.25, -0.2) is 0 Å². The third-order valence-corrected chi connectivity index (χ3v) is 3.27. The van der Waals surface area contributed by atoms with Crippen LogP contribution < -0.4 is 11.1 Å². The summed E-state index contributed by atoms with van der Waals surface area (Å²) in [6, 6.07) is 0. The first-order chi connectivity index (χ1) is 7.08. The van der Waals surface area contributed by atoms with Gasteiger partial charge in [0.1, 0.15) is 0 Å². The number of nitrogens with zero attached hydrogens (tertiary/aromatic N) is 1. The van der Waals surface area contributed by atoms with E-state index in [1.54, 1.807) is 0 Å². The van der Waals surface area contributed by atoms with Crippen LogP contribution in [-0.2, 0) is 4.79 Å². The summed E-state index contributed by atoms with van der Waals surface area (Å²) in [5.74, 6) is 0.0319. The number of rotatable bonds is 5. The predicted octanol–water partition coefficient (Wildman–Crippen LogP) is 0.326. The minimum absolute atomic E-state index is 0.0319. The minimum atomic E-state index is -0.579. The molecule has 1 aliphatic carbocycles. The second-order valence-corrected chi connectivity index (χ2v) is 4.52. The van der Waals surface area contributed by atoms with Gasteiger partial charge in [-0.1, -0.05) is 19.8 Å². The molecule has 1 rings (SSSR count). The monoisotopic (exact) mass is 213 g/mol. The second kappa shape index (κ2) is 5.47. The summed E-state index contributed by atoms with van der Waals surface area (Å²) in [7, 11) is 2.04. The van der Waals surface area contributed by atoms with E-state index in [1.807, 2.05) is 7.05 Å². The molecule has 0 radical (unpaired) electrons. The predicted molar refractivity (Wildman–Crippen MR) is 61.6 cm³/mol. The summed E-state index contributed by atoms with van der Waals surface area (Å²) < 4.78 is 0. The summed E-state index contributed by atoms with van der Waals surface area (Å²) >= 11 is 0. The van der Waals surface area contributed by atoms with Gasteiger partial charge in [-0.3, -0.25) is 4.79 Å². The molecule has 1 saturated carbocycles. The van der Waals surface area contributed by atoms with E-state index in [0.29, 0.717) is 6.54 Å². The van der Waals surface area contributed by atoms with Gasteiger partial charge in [-0.15, -0.1) is 0 Å². The molecule has 0 aliphatic heterocycles. The lowest BCUT2D eigenvalue weighted by Gasteiger charge is -2.23. The van der Waals surface area contributed by atoms with E-state index < -0.39 is 5.54 Å². The largest absolute Gasteiger partial charge is 0.353 e. The van der Waals surface area contributed by atoms with Crippen LogP contribution in [0, 0.1) is 0 Å². The molecule has 0 aromatic rings. The van der Waals surface area contributed by atoms with E-state index in [9.17, 15) is 4.79 Å². The van der Waals surface area contributed by atoms with Crippen molar-refractivity contribution < 1.29 is 4.79 Å².